The van der Waals surface area contributed by atoms with Gasteiger partial charge in [-0.1, -0.05) is 6.07 Å². The van der Waals surface area contributed by atoms with Crippen molar-refractivity contribution in [2.24, 2.45) is 0 Å². The largest absolute Gasteiger partial charge is 0.455 e. The molecule has 0 bridgehead atoms. The number of sulfonamides is 1. The van der Waals surface area contributed by atoms with Gasteiger partial charge in [-0.25, -0.2) is 27.2 Å². The minimum Gasteiger partial charge on any atom is -0.455 e. The number of furan rings is 1. The predicted molar refractivity (Wildman–Crippen MR) is 160 cm³/mol. The Labute approximate surface area is 243 Å². The first kappa shape index (κ1) is 27.5. The van der Waals surface area contributed by atoms with Crippen LogP contribution in [0, 0.1) is 11.6 Å². The molecule has 0 unspecified atom stereocenters. The van der Waals surface area contributed by atoms with E-state index in [2.05, 4.69) is 15.3 Å². The van der Waals surface area contributed by atoms with Gasteiger partial charge in [0.1, 0.15) is 28.0 Å². The van der Waals surface area contributed by atoms with Crippen molar-refractivity contribution in [3.8, 4) is 33.0 Å². The first-order valence-corrected chi connectivity index (χ1v) is 15.3. The molecule has 8 nitrogen and oxygen atoms in total. The normalized spacial score (nSPS) is 11.7. The van der Waals surface area contributed by atoms with Gasteiger partial charge in [-0.2, -0.15) is 0 Å². The van der Waals surface area contributed by atoms with Crippen LogP contribution in [0.2, 0.25) is 0 Å². The van der Waals surface area contributed by atoms with Crippen LogP contribution in [0.3, 0.4) is 0 Å². The van der Waals surface area contributed by atoms with Crippen molar-refractivity contribution >= 4 is 54.3 Å². The number of nitrogens with one attached hydrogen (secondary N) is 1. The quantitative estimate of drug-likeness (QED) is 0.234. The van der Waals surface area contributed by atoms with Crippen LogP contribution >= 0.6 is 11.3 Å². The van der Waals surface area contributed by atoms with Gasteiger partial charge in [0, 0.05) is 48.4 Å². The number of carbonyl (C=O) groups is 1. The van der Waals surface area contributed by atoms with Gasteiger partial charge in [-0.3, -0.25) is 9.10 Å². The van der Waals surface area contributed by atoms with E-state index in [1.807, 2.05) is 6.07 Å². The maximum absolute atomic E-state index is 15.2. The predicted octanol–water partition coefficient (Wildman–Crippen LogP) is 6.47. The molecule has 42 heavy (non-hydrogen) atoms. The number of thiazole rings is 1. The van der Waals surface area contributed by atoms with E-state index in [9.17, 15) is 17.6 Å². The molecule has 0 fully saturated rings. The Morgan fingerprint density at radius 1 is 1.00 bits per heavy atom. The molecule has 12 heteroatoms. The molecule has 0 saturated heterocycles. The highest BCUT2D eigenvalue weighted by Crippen LogP contribution is 2.42. The second kappa shape index (κ2) is 10.3. The van der Waals surface area contributed by atoms with Crippen LogP contribution in [-0.2, 0) is 10.0 Å². The van der Waals surface area contributed by atoms with Gasteiger partial charge in [-0.05, 0) is 60.2 Å². The smallest absolute Gasteiger partial charge is 0.255 e. The Morgan fingerprint density at radius 3 is 2.43 bits per heavy atom. The number of hydrogen-bond acceptors (Lipinski definition) is 7. The third kappa shape index (κ3) is 4.78. The van der Waals surface area contributed by atoms with E-state index < -0.39 is 27.6 Å². The fourth-order valence-corrected chi connectivity index (χ4v) is 6.15. The third-order valence-corrected chi connectivity index (χ3v) is 9.11. The lowest BCUT2D eigenvalue weighted by Gasteiger charge is -2.21. The first-order valence-electron chi connectivity index (χ1n) is 12.6. The number of anilines is 1. The number of benzene rings is 3. The molecule has 0 aliphatic rings. The molecule has 0 atom stereocenters. The lowest BCUT2D eigenvalue weighted by atomic mass is 9.97. The molecule has 6 rings (SSSR count). The zero-order valence-electron chi connectivity index (χ0n) is 22.5. The summed E-state index contributed by atoms with van der Waals surface area (Å²) in [5.74, 6) is -1.22. The maximum Gasteiger partial charge on any atom is 0.255 e. The summed E-state index contributed by atoms with van der Waals surface area (Å²) in [6.45, 7) is 0. The molecule has 0 saturated carbocycles. The van der Waals surface area contributed by atoms with Crippen LogP contribution in [0.5, 0.6) is 0 Å². The molecule has 1 amide bonds. The minimum atomic E-state index is -3.75. The lowest BCUT2D eigenvalue weighted by molar-refractivity contribution is 0.0964. The highest BCUT2D eigenvalue weighted by Gasteiger charge is 2.26. The molecule has 1 N–H and O–H groups in total. The van der Waals surface area contributed by atoms with E-state index >= 15 is 4.39 Å². The molecule has 0 radical (unpaired) electrons. The molecule has 0 aliphatic carbocycles. The van der Waals surface area contributed by atoms with Gasteiger partial charge in [0.2, 0.25) is 10.0 Å². The van der Waals surface area contributed by atoms with Crippen LogP contribution in [0.25, 0.3) is 54.3 Å². The Morgan fingerprint density at radius 2 is 1.74 bits per heavy atom. The molecule has 3 heterocycles. The number of hydrogen-bond donors (Lipinski definition) is 1. The van der Waals surface area contributed by atoms with Crippen LogP contribution in [-0.4, -0.2) is 44.6 Å². The van der Waals surface area contributed by atoms with Crippen molar-refractivity contribution in [2.45, 2.75) is 0 Å². The molecule has 6 aromatic rings. The Balaban J connectivity index is 1.63. The van der Waals surface area contributed by atoms with Crippen LogP contribution in [0.4, 0.5) is 14.5 Å². The van der Waals surface area contributed by atoms with Crippen LogP contribution in [0.1, 0.15) is 10.4 Å². The zero-order valence-corrected chi connectivity index (χ0v) is 24.1. The van der Waals surface area contributed by atoms with Gasteiger partial charge in [0.05, 0.1) is 22.2 Å². The second-order valence-corrected chi connectivity index (χ2v) is 12.6. The van der Waals surface area contributed by atoms with Gasteiger partial charge in [0.25, 0.3) is 5.91 Å². The third-order valence-electron chi connectivity index (χ3n) is 6.88. The second-order valence-electron chi connectivity index (χ2n) is 9.53. The SMILES string of the molecule is CNC(=O)c1c(-c2ccc(F)cc2)oc2cc(N(C)S(C)(=O)=O)c(-c3ccc(F)c(-c4nc5ncccc5s4)c3)cc12. The Kier molecular flexibility index (Phi) is 6.74. The van der Waals surface area contributed by atoms with E-state index in [0.717, 1.165) is 15.3 Å². The first-order chi connectivity index (χ1) is 20.0. The van der Waals surface area contributed by atoms with Gasteiger partial charge in [-0.15, -0.1) is 11.3 Å². The number of rotatable bonds is 6. The van der Waals surface area contributed by atoms with Crippen molar-refractivity contribution in [2.75, 3.05) is 24.7 Å². The monoisotopic (exact) mass is 604 g/mol. The number of halogens is 2. The highest BCUT2D eigenvalue weighted by atomic mass is 32.2. The number of aromatic nitrogens is 2. The van der Waals surface area contributed by atoms with E-state index in [4.69, 9.17) is 4.42 Å². The van der Waals surface area contributed by atoms with Crippen molar-refractivity contribution in [3.63, 3.8) is 0 Å². The number of fused-ring (bicyclic) bond motifs is 2. The van der Waals surface area contributed by atoms with Crippen molar-refractivity contribution in [1.82, 2.24) is 15.3 Å². The summed E-state index contributed by atoms with van der Waals surface area (Å²) in [7, 11) is -0.876. The average Bonchev–Trinajstić information content (AvgIpc) is 3.57. The molecule has 0 spiro atoms. The summed E-state index contributed by atoms with van der Waals surface area (Å²) in [6, 6.07) is 16.7. The maximum atomic E-state index is 15.2. The molecular formula is C30H22F2N4O4S2. The number of carbonyl (C=O) groups excluding carboxylic acids is 1. The highest BCUT2D eigenvalue weighted by molar-refractivity contribution is 7.92. The standard InChI is InChI=1S/C30H22F2N4O4S2/c1-33-29(37)26-21-14-19(17-8-11-22(32)20(13-17)30-35-28-25(41-30)5-4-12-34-28)23(36(2)42(3,38)39)15-24(21)40-27(26)16-6-9-18(31)10-7-16/h4-15H,1-3H3,(H,33,37). The fraction of sp³-hybridized carbons (Fsp3) is 0.100. The number of amides is 1. The average molecular weight is 605 g/mol. The lowest BCUT2D eigenvalue weighted by Crippen LogP contribution is -2.25. The van der Waals surface area contributed by atoms with Gasteiger partial charge in [0.15, 0.2) is 5.65 Å². The number of nitrogens with zero attached hydrogens (tertiary/aromatic N) is 3. The van der Waals surface area contributed by atoms with Crippen LogP contribution in [0.15, 0.2) is 77.3 Å². The number of pyridine rings is 1. The summed E-state index contributed by atoms with van der Waals surface area (Å²) in [5.41, 5.74) is 2.73. The summed E-state index contributed by atoms with van der Waals surface area (Å²) in [6.07, 6.45) is 2.67. The molecule has 212 valence electrons. The van der Waals surface area contributed by atoms with Crippen molar-refractivity contribution in [3.05, 3.63) is 90.1 Å². The van der Waals surface area contributed by atoms with E-state index in [0.29, 0.717) is 32.7 Å². The van der Waals surface area contributed by atoms with E-state index in [1.54, 1.807) is 24.4 Å². The van der Waals surface area contributed by atoms with Crippen LogP contribution < -0.4 is 9.62 Å². The summed E-state index contributed by atoms with van der Waals surface area (Å²) < 4.78 is 62.2. The zero-order chi connectivity index (χ0) is 29.8. The van der Waals surface area contributed by atoms with Gasteiger partial charge >= 0.3 is 0 Å². The van der Waals surface area contributed by atoms with Gasteiger partial charge < -0.3 is 9.73 Å². The molecule has 0 aliphatic heterocycles. The molecule has 3 aromatic carbocycles. The van der Waals surface area contributed by atoms with Crippen molar-refractivity contribution < 1.29 is 26.4 Å². The summed E-state index contributed by atoms with van der Waals surface area (Å²) >= 11 is 1.28. The van der Waals surface area contributed by atoms with Crippen molar-refractivity contribution in [1.29, 1.82) is 0 Å². The Bertz CT molecular complexity index is 2090. The summed E-state index contributed by atoms with van der Waals surface area (Å²) in [4.78, 5) is 21.9. The molecular weight excluding hydrogens is 582 g/mol. The molecule has 3 aromatic heterocycles. The fourth-order valence-electron chi connectivity index (χ4n) is 4.70. The summed E-state index contributed by atoms with van der Waals surface area (Å²) in [5, 5.41) is 3.42. The Hall–Kier alpha value is -4.68. The minimum absolute atomic E-state index is 0.188. The van der Waals surface area contributed by atoms with E-state index in [-0.39, 0.29) is 28.2 Å². The van der Waals surface area contributed by atoms with E-state index in [1.165, 1.54) is 67.9 Å². The topological polar surface area (TPSA) is 105 Å².